The fraction of sp³-hybridized carbons (Fsp3) is 0.467. The van der Waals surface area contributed by atoms with E-state index in [-0.39, 0.29) is 12.5 Å². The Hall–Kier alpha value is -2.24. The summed E-state index contributed by atoms with van der Waals surface area (Å²) in [6.45, 7) is 4.29. The van der Waals surface area contributed by atoms with Crippen molar-refractivity contribution in [2.75, 3.05) is 6.61 Å². The second kappa shape index (κ2) is 6.47. The quantitative estimate of drug-likeness (QED) is 0.747. The molecule has 114 valence electrons. The highest BCUT2D eigenvalue weighted by molar-refractivity contribution is 5.69. The molecule has 0 radical (unpaired) electrons. The van der Waals surface area contributed by atoms with Crippen LogP contribution in [0.4, 0.5) is 0 Å². The number of amides is 1. The molecule has 0 saturated heterocycles. The highest BCUT2D eigenvalue weighted by atomic mass is 16.5. The summed E-state index contributed by atoms with van der Waals surface area (Å²) in [5, 5.41) is 11.5. The average Bonchev–Trinajstić information content (AvgIpc) is 2.76. The number of ether oxygens (including phenoxy) is 2. The average molecular weight is 293 g/mol. The molecule has 1 aromatic carbocycles. The van der Waals surface area contributed by atoms with E-state index in [9.17, 15) is 9.59 Å². The molecule has 0 fully saturated rings. The molecular formula is C15H19NO5. The van der Waals surface area contributed by atoms with Crippen molar-refractivity contribution < 1.29 is 24.2 Å². The molecule has 1 amide bonds. The number of carbonyl (C=O) groups excluding carboxylic acids is 1. The van der Waals surface area contributed by atoms with Gasteiger partial charge in [-0.15, -0.1) is 0 Å². The Bertz CT molecular complexity index is 543. The van der Waals surface area contributed by atoms with Crippen molar-refractivity contribution in [3.8, 4) is 11.5 Å². The minimum Gasteiger partial charge on any atom is -0.494 e. The van der Waals surface area contributed by atoms with E-state index in [0.29, 0.717) is 24.3 Å². The number of hydrogen-bond acceptors (Lipinski definition) is 4. The molecule has 6 heteroatoms. The molecule has 0 aromatic heterocycles. The SMILES string of the molecule is CCOc1cc2c(cc1[C@@H](CC(=O)O)NC=O)OC(C)C2. The minimum absolute atomic E-state index is 0.0849. The minimum atomic E-state index is -0.994. The highest BCUT2D eigenvalue weighted by Gasteiger charge is 2.26. The summed E-state index contributed by atoms with van der Waals surface area (Å²) in [5.41, 5.74) is 1.66. The lowest BCUT2D eigenvalue weighted by Crippen LogP contribution is -2.23. The first-order valence-corrected chi connectivity index (χ1v) is 6.92. The maximum atomic E-state index is 11.0. The topological polar surface area (TPSA) is 84.9 Å². The third-order valence-electron chi connectivity index (χ3n) is 3.35. The van der Waals surface area contributed by atoms with E-state index in [4.69, 9.17) is 14.6 Å². The predicted molar refractivity (Wildman–Crippen MR) is 75.6 cm³/mol. The molecule has 0 spiro atoms. The number of carboxylic acid groups (broad SMARTS) is 1. The number of aliphatic carboxylic acids is 1. The third kappa shape index (κ3) is 3.45. The van der Waals surface area contributed by atoms with Crippen LogP contribution >= 0.6 is 0 Å². The van der Waals surface area contributed by atoms with Crippen molar-refractivity contribution in [1.29, 1.82) is 0 Å². The van der Waals surface area contributed by atoms with E-state index in [1.54, 1.807) is 6.07 Å². The lowest BCUT2D eigenvalue weighted by molar-refractivity contribution is -0.137. The summed E-state index contributed by atoms with van der Waals surface area (Å²) in [7, 11) is 0. The number of rotatable bonds is 7. The molecular weight excluding hydrogens is 274 g/mol. The van der Waals surface area contributed by atoms with Gasteiger partial charge in [0.1, 0.15) is 17.6 Å². The highest BCUT2D eigenvalue weighted by Crippen LogP contribution is 2.38. The van der Waals surface area contributed by atoms with Crippen LogP contribution in [-0.4, -0.2) is 30.2 Å². The molecule has 0 saturated carbocycles. The molecule has 1 heterocycles. The number of fused-ring (bicyclic) bond motifs is 1. The van der Waals surface area contributed by atoms with E-state index in [2.05, 4.69) is 5.32 Å². The Kier molecular flexibility index (Phi) is 4.67. The van der Waals surface area contributed by atoms with Gasteiger partial charge >= 0.3 is 5.97 Å². The predicted octanol–water partition coefficient (Wildman–Crippen LogP) is 1.67. The van der Waals surface area contributed by atoms with Gasteiger partial charge in [-0.2, -0.15) is 0 Å². The molecule has 2 N–H and O–H groups in total. The second-order valence-electron chi connectivity index (χ2n) is 5.00. The zero-order valence-electron chi connectivity index (χ0n) is 12.1. The number of benzene rings is 1. The molecule has 0 bridgehead atoms. The lowest BCUT2D eigenvalue weighted by Gasteiger charge is -2.19. The first-order chi connectivity index (χ1) is 10.0. The normalized spacial score (nSPS) is 17.5. The molecule has 1 aliphatic rings. The molecule has 2 atom stereocenters. The van der Waals surface area contributed by atoms with Crippen LogP contribution in [0.5, 0.6) is 11.5 Å². The number of hydrogen-bond donors (Lipinski definition) is 2. The van der Waals surface area contributed by atoms with Gasteiger partial charge in [0, 0.05) is 17.5 Å². The molecule has 1 aliphatic heterocycles. The van der Waals surface area contributed by atoms with Crippen LogP contribution in [0, 0.1) is 0 Å². The zero-order valence-corrected chi connectivity index (χ0v) is 12.1. The number of carboxylic acids is 1. The Morgan fingerprint density at radius 1 is 1.62 bits per heavy atom. The third-order valence-corrected chi connectivity index (χ3v) is 3.35. The van der Waals surface area contributed by atoms with Crippen molar-refractivity contribution in [3.63, 3.8) is 0 Å². The van der Waals surface area contributed by atoms with Gasteiger partial charge < -0.3 is 19.9 Å². The summed E-state index contributed by atoms with van der Waals surface area (Å²) in [6.07, 6.45) is 1.16. The standard InChI is InChI=1S/C15H19NO5/c1-3-20-14-5-10-4-9(2)21-13(10)6-11(14)12(16-8-17)7-15(18)19/h5-6,8-9,12H,3-4,7H2,1-2H3,(H,16,17)(H,18,19)/t9?,12-/m1/s1. The number of carbonyl (C=O) groups is 2. The summed E-state index contributed by atoms with van der Waals surface area (Å²) >= 11 is 0. The van der Waals surface area contributed by atoms with Crippen molar-refractivity contribution in [2.24, 2.45) is 0 Å². The maximum Gasteiger partial charge on any atom is 0.305 e. The van der Waals surface area contributed by atoms with Crippen molar-refractivity contribution in [2.45, 2.75) is 38.8 Å². The van der Waals surface area contributed by atoms with Gasteiger partial charge in [0.15, 0.2) is 0 Å². The Labute approximate surface area is 123 Å². The molecule has 21 heavy (non-hydrogen) atoms. The van der Waals surface area contributed by atoms with Crippen LogP contribution in [0.15, 0.2) is 12.1 Å². The fourth-order valence-electron chi connectivity index (χ4n) is 2.52. The second-order valence-corrected chi connectivity index (χ2v) is 5.00. The monoisotopic (exact) mass is 293 g/mol. The fourth-order valence-corrected chi connectivity index (χ4v) is 2.52. The van der Waals surface area contributed by atoms with Gasteiger partial charge in [-0.05, 0) is 26.0 Å². The Balaban J connectivity index is 2.41. The molecule has 0 aliphatic carbocycles. The van der Waals surface area contributed by atoms with Crippen LogP contribution < -0.4 is 14.8 Å². The summed E-state index contributed by atoms with van der Waals surface area (Å²) < 4.78 is 11.3. The van der Waals surface area contributed by atoms with Gasteiger partial charge in [-0.25, -0.2) is 0 Å². The van der Waals surface area contributed by atoms with Gasteiger partial charge in [0.25, 0.3) is 0 Å². The van der Waals surface area contributed by atoms with Crippen LogP contribution in [0.25, 0.3) is 0 Å². The lowest BCUT2D eigenvalue weighted by atomic mass is 9.99. The van der Waals surface area contributed by atoms with Crippen molar-refractivity contribution in [1.82, 2.24) is 5.32 Å². The van der Waals surface area contributed by atoms with Crippen molar-refractivity contribution in [3.05, 3.63) is 23.3 Å². The first-order valence-electron chi connectivity index (χ1n) is 6.92. The van der Waals surface area contributed by atoms with E-state index in [0.717, 1.165) is 17.7 Å². The van der Waals surface area contributed by atoms with E-state index >= 15 is 0 Å². The van der Waals surface area contributed by atoms with E-state index in [1.165, 1.54) is 0 Å². The number of nitrogens with one attached hydrogen (secondary N) is 1. The van der Waals surface area contributed by atoms with E-state index in [1.807, 2.05) is 19.9 Å². The summed E-state index contributed by atoms with van der Waals surface area (Å²) in [5.74, 6) is 0.324. The van der Waals surface area contributed by atoms with Crippen LogP contribution in [0.3, 0.4) is 0 Å². The summed E-state index contributed by atoms with van der Waals surface area (Å²) in [6, 6.07) is 3.00. The first kappa shape index (κ1) is 15.2. The molecule has 1 unspecified atom stereocenters. The van der Waals surface area contributed by atoms with Gasteiger partial charge in [-0.1, -0.05) is 0 Å². The largest absolute Gasteiger partial charge is 0.494 e. The Morgan fingerprint density at radius 3 is 3.00 bits per heavy atom. The van der Waals surface area contributed by atoms with Crippen LogP contribution in [0.1, 0.15) is 37.4 Å². The molecule has 2 rings (SSSR count). The van der Waals surface area contributed by atoms with Crippen LogP contribution in [-0.2, 0) is 16.0 Å². The summed E-state index contributed by atoms with van der Waals surface area (Å²) in [4.78, 5) is 21.7. The maximum absolute atomic E-state index is 11.0. The van der Waals surface area contributed by atoms with Gasteiger partial charge in [-0.3, -0.25) is 9.59 Å². The smallest absolute Gasteiger partial charge is 0.305 e. The zero-order chi connectivity index (χ0) is 15.4. The van der Waals surface area contributed by atoms with Gasteiger partial charge in [0.05, 0.1) is 19.1 Å². The molecule has 6 nitrogen and oxygen atoms in total. The molecule has 1 aromatic rings. The van der Waals surface area contributed by atoms with Crippen LogP contribution in [0.2, 0.25) is 0 Å². The van der Waals surface area contributed by atoms with Gasteiger partial charge in [0.2, 0.25) is 6.41 Å². The van der Waals surface area contributed by atoms with Crippen molar-refractivity contribution >= 4 is 12.4 Å². The Morgan fingerprint density at radius 2 is 2.38 bits per heavy atom. The van der Waals surface area contributed by atoms with E-state index < -0.39 is 12.0 Å².